The molecule has 102 valence electrons. The minimum absolute atomic E-state index is 0.135. The van der Waals surface area contributed by atoms with Crippen molar-refractivity contribution in [3.8, 4) is 11.8 Å². The Morgan fingerprint density at radius 2 is 1.86 bits per heavy atom. The molecule has 0 radical (unpaired) electrons. The number of para-hydroxylation sites is 1. The smallest absolute Gasteiger partial charge is 0.238 e. The highest BCUT2D eigenvalue weighted by Gasteiger charge is 2.04. The van der Waals surface area contributed by atoms with Crippen LogP contribution in [0.25, 0.3) is 16.6 Å². The van der Waals surface area contributed by atoms with Crippen LogP contribution < -0.4 is 5.32 Å². The van der Waals surface area contributed by atoms with Crippen molar-refractivity contribution in [3.05, 3.63) is 60.8 Å². The second-order valence-electron chi connectivity index (χ2n) is 4.67. The molecule has 0 saturated heterocycles. The van der Waals surface area contributed by atoms with Gasteiger partial charge in [-0.2, -0.15) is 5.26 Å². The first kappa shape index (κ1) is 12.9. The molecule has 0 unspecified atom stereocenters. The average molecular weight is 275 g/mol. The van der Waals surface area contributed by atoms with Crippen molar-refractivity contribution in [3.63, 3.8) is 0 Å². The van der Waals surface area contributed by atoms with Gasteiger partial charge in [0, 0.05) is 17.6 Å². The molecule has 1 N–H and O–H groups in total. The van der Waals surface area contributed by atoms with Gasteiger partial charge in [-0.25, -0.2) is 0 Å². The maximum Gasteiger partial charge on any atom is 0.238 e. The fraction of sp³-hybridized carbons (Fsp3) is 0.0588. The molecule has 1 aromatic heterocycles. The van der Waals surface area contributed by atoms with Crippen LogP contribution in [0.3, 0.4) is 0 Å². The van der Waals surface area contributed by atoms with E-state index >= 15 is 0 Å². The van der Waals surface area contributed by atoms with E-state index in [-0.39, 0.29) is 12.3 Å². The van der Waals surface area contributed by atoms with E-state index in [0.29, 0.717) is 5.69 Å². The molecule has 0 atom stereocenters. The standard InChI is InChI=1S/C17H13N3O/c18-11-9-17(21)19-14-5-7-15(8-6-14)20-12-10-13-3-1-2-4-16(13)20/h1-8,10,12H,9H2,(H,19,21). The van der Waals surface area contributed by atoms with Crippen molar-refractivity contribution < 1.29 is 4.79 Å². The molecule has 1 amide bonds. The Bertz CT molecular complexity index is 825. The van der Waals surface area contributed by atoms with Crippen LogP contribution >= 0.6 is 0 Å². The average Bonchev–Trinajstić information content (AvgIpc) is 2.92. The summed E-state index contributed by atoms with van der Waals surface area (Å²) in [5.74, 6) is -0.295. The third kappa shape index (κ3) is 2.63. The lowest BCUT2D eigenvalue weighted by Crippen LogP contribution is -2.09. The van der Waals surface area contributed by atoms with E-state index in [1.54, 1.807) is 0 Å². The monoisotopic (exact) mass is 275 g/mol. The number of carbonyl (C=O) groups is 1. The van der Waals surface area contributed by atoms with Gasteiger partial charge in [0.25, 0.3) is 0 Å². The minimum Gasteiger partial charge on any atom is -0.325 e. The zero-order chi connectivity index (χ0) is 14.7. The zero-order valence-electron chi connectivity index (χ0n) is 11.3. The summed E-state index contributed by atoms with van der Waals surface area (Å²) < 4.78 is 2.09. The van der Waals surface area contributed by atoms with Gasteiger partial charge in [-0.15, -0.1) is 0 Å². The lowest BCUT2D eigenvalue weighted by molar-refractivity contribution is -0.115. The first-order chi connectivity index (χ1) is 10.3. The number of nitrogens with one attached hydrogen (secondary N) is 1. The Kier molecular flexibility index (Phi) is 3.40. The van der Waals surface area contributed by atoms with Crippen LogP contribution in [-0.2, 0) is 4.79 Å². The van der Waals surface area contributed by atoms with Crippen molar-refractivity contribution in [1.82, 2.24) is 4.57 Å². The summed E-state index contributed by atoms with van der Waals surface area (Å²) in [6, 6.07) is 19.6. The van der Waals surface area contributed by atoms with Crippen LogP contribution in [0.4, 0.5) is 5.69 Å². The van der Waals surface area contributed by atoms with Gasteiger partial charge in [-0.1, -0.05) is 18.2 Å². The van der Waals surface area contributed by atoms with Gasteiger partial charge in [0.2, 0.25) is 5.91 Å². The predicted molar refractivity (Wildman–Crippen MR) is 82.1 cm³/mol. The van der Waals surface area contributed by atoms with E-state index in [9.17, 15) is 4.79 Å². The topological polar surface area (TPSA) is 57.8 Å². The van der Waals surface area contributed by atoms with Crippen molar-refractivity contribution in [2.45, 2.75) is 6.42 Å². The maximum absolute atomic E-state index is 11.4. The summed E-state index contributed by atoms with van der Waals surface area (Å²) >= 11 is 0. The molecular formula is C17H13N3O. The highest BCUT2D eigenvalue weighted by atomic mass is 16.1. The van der Waals surface area contributed by atoms with Gasteiger partial charge in [-0.3, -0.25) is 4.79 Å². The molecule has 0 aliphatic carbocycles. The second kappa shape index (κ2) is 5.51. The van der Waals surface area contributed by atoms with Gasteiger partial charge in [0.15, 0.2) is 0 Å². The van der Waals surface area contributed by atoms with Crippen molar-refractivity contribution >= 4 is 22.5 Å². The van der Waals surface area contributed by atoms with E-state index in [0.717, 1.165) is 11.2 Å². The number of nitriles is 1. The Balaban J connectivity index is 1.87. The molecule has 0 aliphatic rings. The molecular weight excluding hydrogens is 262 g/mol. The number of benzene rings is 2. The van der Waals surface area contributed by atoms with Crippen LogP contribution in [0.15, 0.2) is 60.8 Å². The SMILES string of the molecule is N#CCC(=O)Nc1ccc(-n2ccc3ccccc32)cc1. The third-order valence-electron chi connectivity index (χ3n) is 3.27. The molecule has 3 rings (SSSR count). The Morgan fingerprint density at radius 1 is 1.10 bits per heavy atom. The van der Waals surface area contributed by atoms with E-state index in [1.807, 2.05) is 48.7 Å². The van der Waals surface area contributed by atoms with E-state index < -0.39 is 0 Å². The number of hydrogen-bond acceptors (Lipinski definition) is 2. The molecule has 0 bridgehead atoms. The molecule has 0 fully saturated rings. The first-order valence-corrected chi connectivity index (χ1v) is 6.61. The number of carbonyl (C=O) groups excluding carboxylic acids is 1. The second-order valence-corrected chi connectivity index (χ2v) is 4.67. The van der Waals surface area contributed by atoms with Crippen LogP contribution in [0.1, 0.15) is 6.42 Å². The Morgan fingerprint density at radius 3 is 2.62 bits per heavy atom. The molecule has 1 heterocycles. The van der Waals surface area contributed by atoms with E-state index in [2.05, 4.69) is 28.1 Å². The predicted octanol–water partition coefficient (Wildman–Crippen LogP) is 3.48. The molecule has 2 aromatic carbocycles. The van der Waals surface area contributed by atoms with Crippen LogP contribution in [0, 0.1) is 11.3 Å². The van der Waals surface area contributed by atoms with E-state index in [4.69, 9.17) is 5.26 Å². The van der Waals surface area contributed by atoms with Crippen LogP contribution in [-0.4, -0.2) is 10.5 Å². The summed E-state index contributed by atoms with van der Waals surface area (Å²) in [4.78, 5) is 11.4. The third-order valence-corrected chi connectivity index (χ3v) is 3.27. The fourth-order valence-electron chi connectivity index (χ4n) is 2.29. The molecule has 4 nitrogen and oxygen atoms in total. The van der Waals surface area contributed by atoms with Crippen molar-refractivity contribution in [1.29, 1.82) is 5.26 Å². The number of anilines is 1. The van der Waals surface area contributed by atoms with Crippen molar-refractivity contribution in [2.75, 3.05) is 5.32 Å². The molecule has 0 spiro atoms. The summed E-state index contributed by atoms with van der Waals surface area (Å²) in [5.41, 5.74) is 2.85. The fourth-order valence-corrected chi connectivity index (χ4v) is 2.29. The highest BCUT2D eigenvalue weighted by Crippen LogP contribution is 2.21. The molecule has 0 saturated carbocycles. The van der Waals surface area contributed by atoms with Gasteiger partial charge in [0.05, 0.1) is 11.6 Å². The quantitative estimate of drug-likeness (QED) is 0.795. The summed E-state index contributed by atoms with van der Waals surface area (Å²) in [6.45, 7) is 0. The minimum atomic E-state index is -0.295. The Labute approximate surface area is 122 Å². The summed E-state index contributed by atoms with van der Waals surface area (Å²) in [5, 5.41) is 12.3. The molecule has 4 heteroatoms. The normalized spacial score (nSPS) is 10.2. The van der Waals surface area contributed by atoms with Gasteiger partial charge < -0.3 is 9.88 Å². The lowest BCUT2D eigenvalue weighted by atomic mass is 10.2. The number of nitrogens with zero attached hydrogens (tertiary/aromatic N) is 2. The molecule has 21 heavy (non-hydrogen) atoms. The van der Waals surface area contributed by atoms with Gasteiger partial charge >= 0.3 is 0 Å². The van der Waals surface area contributed by atoms with Crippen LogP contribution in [0.2, 0.25) is 0 Å². The number of hydrogen-bond donors (Lipinski definition) is 1. The largest absolute Gasteiger partial charge is 0.325 e. The number of amides is 1. The lowest BCUT2D eigenvalue weighted by Gasteiger charge is -2.07. The number of aromatic nitrogens is 1. The maximum atomic E-state index is 11.4. The van der Waals surface area contributed by atoms with E-state index in [1.165, 1.54) is 5.39 Å². The number of rotatable bonds is 3. The number of fused-ring (bicyclic) bond motifs is 1. The molecule has 3 aromatic rings. The van der Waals surface area contributed by atoms with Crippen molar-refractivity contribution in [2.24, 2.45) is 0 Å². The van der Waals surface area contributed by atoms with Gasteiger partial charge in [0.1, 0.15) is 6.42 Å². The zero-order valence-corrected chi connectivity index (χ0v) is 11.3. The van der Waals surface area contributed by atoms with Gasteiger partial charge in [-0.05, 0) is 41.8 Å². The molecule has 0 aliphatic heterocycles. The summed E-state index contributed by atoms with van der Waals surface area (Å²) in [6.07, 6.45) is 1.89. The summed E-state index contributed by atoms with van der Waals surface area (Å²) in [7, 11) is 0. The first-order valence-electron chi connectivity index (χ1n) is 6.61. The highest BCUT2D eigenvalue weighted by molar-refractivity contribution is 5.92. The Hall–Kier alpha value is -3.06. The van der Waals surface area contributed by atoms with Crippen LogP contribution in [0.5, 0.6) is 0 Å².